The van der Waals surface area contributed by atoms with Gasteiger partial charge in [-0.2, -0.15) is 0 Å². The van der Waals surface area contributed by atoms with Crippen molar-refractivity contribution in [2.24, 2.45) is 11.1 Å². The highest BCUT2D eigenvalue weighted by molar-refractivity contribution is 7.89. The monoisotopic (exact) mass is 266 g/mol. The van der Waals surface area contributed by atoms with Crippen molar-refractivity contribution in [3.8, 4) is 0 Å². The van der Waals surface area contributed by atoms with Crippen LogP contribution in [-0.2, 0) is 10.0 Å². The number of hydrogen-bond acceptors (Lipinski definition) is 3. The molecule has 0 aliphatic heterocycles. The van der Waals surface area contributed by atoms with Crippen molar-refractivity contribution in [2.45, 2.75) is 24.2 Å². The average molecular weight is 266 g/mol. The average Bonchev–Trinajstić information content (AvgIpc) is 2.37. The van der Waals surface area contributed by atoms with Gasteiger partial charge in [-0.1, -0.05) is 12.2 Å². The standard InChI is InChI=1S/C13H18N2O2S/c14-18(16,17)13-8-6-12(7-9-13)15-10-11-4-2-1-3-5-11/h1-2,6-9,11,15H,3-5,10H2,(H2,14,16,17). The highest BCUT2D eigenvalue weighted by atomic mass is 32.2. The third-order valence-electron chi connectivity index (χ3n) is 3.16. The molecule has 1 aromatic rings. The Balaban J connectivity index is 1.92. The van der Waals surface area contributed by atoms with E-state index in [1.807, 2.05) is 0 Å². The number of anilines is 1. The fraction of sp³-hybridized carbons (Fsp3) is 0.385. The molecule has 5 heteroatoms. The summed E-state index contributed by atoms with van der Waals surface area (Å²) in [6, 6.07) is 6.55. The predicted molar refractivity (Wildman–Crippen MR) is 72.8 cm³/mol. The molecule has 0 fully saturated rings. The van der Waals surface area contributed by atoms with Crippen molar-refractivity contribution in [1.82, 2.24) is 0 Å². The molecule has 1 unspecified atom stereocenters. The Bertz CT molecular complexity index is 520. The lowest BCUT2D eigenvalue weighted by molar-refractivity contribution is 0.504. The molecule has 18 heavy (non-hydrogen) atoms. The molecule has 3 N–H and O–H groups in total. The third kappa shape index (κ3) is 3.58. The number of primary sulfonamides is 1. The first-order valence-corrected chi connectivity index (χ1v) is 7.62. The highest BCUT2D eigenvalue weighted by Crippen LogP contribution is 2.19. The lowest BCUT2D eigenvalue weighted by Crippen LogP contribution is -2.15. The van der Waals surface area contributed by atoms with E-state index in [1.54, 1.807) is 12.1 Å². The quantitative estimate of drug-likeness (QED) is 0.820. The fourth-order valence-corrected chi connectivity index (χ4v) is 2.58. The van der Waals surface area contributed by atoms with Crippen LogP contribution >= 0.6 is 0 Å². The van der Waals surface area contributed by atoms with Crippen LogP contribution in [0.5, 0.6) is 0 Å². The second-order valence-electron chi connectivity index (χ2n) is 4.60. The van der Waals surface area contributed by atoms with Crippen LogP contribution in [0.3, 0.4) is 0 Å². The number of nitrogens with two attached hydrogens (primary N) is 1. The molecular weight excluding hydrogens is 248 g/mol. The minimum atomic E-state index is -3.59. The Labute approximate surface area is 108 Å². The Morgan fingerprint density at radius 1 is 1.22 bits per heavy atom. The van der Waals surface area contributed by atoms with Crippen molar-refractivity contribution in [3.63, 3.8) is 0 Å². The Morgan fingerprint density at radius 3 is 2.50 bits per heavy atom. The van der Waals surface area contributed by atoms with Gasteiger partial charge in [0.1, 0.15) is 0 Å². The van der Waals surface area contributed by atoms with E-state index in [0.717, 1.165) is 25.1 Å². The summed E-state index contributed by atoms with van der Waals surface area (Å²) >= 11 is 0. The third-order valence-corrected chi connectivity index (χ3v) is 4.08. The smallest absolute Gasteiger partial charge is 0.238 e. The lowest BCUT2D eigenvalue weighted by Gasteiger charge is -2.18. The number of hydrogen-bond donors (Lipinski definition) is 2. The van der Waals surface area contributed by atoms with E-state index in [0.29, 0.717) is 5.92 Å². The van der Waals surface area contributed by atoms with Crippen molar-refractivity contribution >= 4 is 15.7 Å². The van der Waals surface area contributed by atoms with Crippen LogP contribution in [0.2, 0.25) is 0 Å². The molecule has 2 rings (SSSR count). The molecule has 0 aromatic heterocycles. The zero-order valence-corrected chi connectivity index (χ0v) is 11.0. The van der Waals surface area contributed by atoms with E-state index in [2.05, 4.69) is 17.5 Å². The van der Waals surface area contributed by atoms with Gasteiger partial charge in [0.05, 0.1) is 4.90 Å². The molecule has 0 radical (unpaired) electrons. The molecule has 1 aromatic carbocycles. The summed E-state index contributed by atoms with van der Waals surface area (Å²) < 4.78 is 22.2. The van der Waals surface area contributed by atoms with E-state index in [9.17, 15) is 8.42 Å². The second-order valence-corrected chi connectivity index (χ2v) is 6.16. The summed E-state index contributed by atoms with van der Waals surface area (Å²) in [6.07, 6.45) is 7.91. The van der Waals surface area contributed by atoms with Crippen LogP contribution in [0.15, 0.2) is 41.3 Å². The summed E-state index contributed by atoms with van der Waals surface area (Å²) in [4.78, 5) is 0.147. The summed E-state index contributed by atoms with van der Waals surface area (Å²) in [7, 11) is -3.59. The van der Waals surface area contributed by atoms with Gasteiger partial charge >= 0.3 is 0 Å². The van der Waals surface area contributed by atoms with Crippen molar-refractivity contribution in [3.05, 3.63) is 36.4 Å². The SMILES string of the molecule is NS(=O)(=O)c1ccc(NCC2CC=CCC2)cc1. The van der Waals surface area contributed by atoms with Crippen molar-refractivity contribution in [2.75, 3.05) is 11.9 Å². The molecule has 0 heterocycles. The van der Waals surface area contributed by atoms with E-state index in [4.69, 9.17) is 5.14 Å². The molecular formula is C13H18N2O2S. The topological polar surface area (TPSA) is 72.2 Å². The molecule has 0 saturated carbocycles. The van der Waals surface area contributed by atoms with Crippen LogP contribution in [0.4, 0.5) is 5.69 Å². The first-order valence-electron chi connectivity index (χ1n) is 6.07. The van der Waals surface area contributed by atoms with E-state index < -0.39 is 10.0 Å². The van der Waals surface area contributed by atoms with Gasteiger partial charge in [-0.3, -0.25) is 0 Å². The van der Waals surface area contributed by atoms with Gasteiger partial charge in [0.25, 0.3) is 0 Å². The lowest BCUT2D eigenvalue weighted by atomic mass is 9.94. The van der Waals surface area contributed by atoms with Crippen LogP contribution < -0.4 is 10.5 Å². The predicted octanol–water partition coefficient (Wildman–Crippen LogP) is 2.10. The van der Waals surface area contributed by atoms with Crippen LogP contribution in [0, 0.1) is 5.92 Å². The van der Waals surface area contributed by atoms with Gasteiger partial charge in [-0.05, 0) is 49.4 Å². The number of nitrogens with one attached hydrogen (secondary N) is 1. The van der Waals surface area contributed by atoms with Crippen LogP contribution in [-0.4, -0.2) is 15.0 Å². The highest BCUT2D eigenvalue weighted by Gasteiger charge is 2.10. The Morgan fingerprint density at radius 2 is 1.94 bits per heavy atom. The van der Waals surface area contributed by atoms with Crippen molar-refractivity contribution in [1.29, 1.82) is 0 Å². The molecule has 1 aliphatic rings. The first-order chi connectivity index (χ1) is 8.55. The summed E-state index contributed by atoms with van der Waals surface area (Å²) in [5, 5.41) is 8.37. The minimum Gasteiger partial charge on any atom is -0.385 e. The van der Waals surface area contributed by atoms with E-state index in [1.165, 1.54) is 18.6 Å². The largest absolute Gasteiger partial charge is 0.385 e. The maximum absolute atomic E-state index is 11.1. The van der Waals surface area contributed by atoms with Crippen LogP contribution in [0.25, 0.3) is 0 Å². The van der Waals surface area contributed by atoms with Gasteiger partial charge in [0, 0.05) is 12.2 Å². The molecule has 98 valence electrons. The molecule has 0 saturated heterocycles. The van der Waals surface area contributed by atoms with E-state index in [-0.39, 0.29) is 4.90 Å². The van der Waals surface area contributed by atoms with Gasteiger partial charge in [0.2, 0.25) is 10.0 Å². The normalized spacial score (nSPS) is 19.7. The molecule has 0 bridgehead atoms. The summed E-state index contributed by atoms with van der Waals surface area (Å²) in [5.41, 5.74) is 0.928. The number of rotatable bonds is 4. The van der Waals surface area contributed by atoms with E-state index >= 15 is 0 Å². The number of sulfonamides is 1. The maximum atomic E-state index is 11.1. The first kappa shape index (κ1) is 13.1. The fourth-order valence-electron chi connectivity index (χ4n) is 2.07. The Hall–Kier alpha value is -1.33. The molecule has 1 aliphatic carbocycles. The Kier molecular flexibility index (Phi) is 4.04. The summed E-state index contributed by atoms with van der Waals surface area (Å²) in [5.74, 6) is 0.660. The molecule has 0 amide bonds. The van der Waals surface area contributed by atoms with Gasteiger partial charge in [0.15, 0.2) is 0 Å². The molecule has 1 atom stereocenters. The minimum absolute atomic E-state index is 0.147. The zero-order valence-electron chi connectivity index (χ0n) is 10.2. The maximum Gasteiger partial charge on any atom is 0.238 e. The van der Waals surface area contributed by atoms with Gasteiger partial charge in [-0.15, -0.1) is 0 Å². The van der Waals surface area contributed by atoms with Crippen molar-refractivity contribution < 1.29 is 8.42 Å². The van der Waals surface area contributed by atoms with Crippen LogP contribution in [0.1, 0.15) is 19.3 Å². The number of benzene rings is 1. The molecule has 0 spiro atoms. The van der Waals surface area contributed by atoms with Gasteiger partial charge in [-0.25, -0.2) is 13.6 Å². The second kappa shape index (κ2) is 5.54. The van der Waals surface area contributed by atoms with Gasteiger partial charge < -0.3 is 5.32 Å². The molecule has 4 nitrogen and oxygen atoms in total. The zero-order chi connectivity index (χ0) is 13.0. The number of allylic oxidation sites excluding steroid dienone is 2. The summed E-state index contributed by atoms with van der Waals surface area (Å²) in [6.45, 7) is 0.916.